The van der Waals surface area contributed by atoms with Crippen molar-refractivity contribution in [2.24, 2.45) is 0 Å². The Balaban J connectivity index is 1.70. The van der Waals surface area contributed by atoms with Crippen molar-refractivity contribution in [3.63, 3.8) is 0 Å². The molecule has 1 N–H and O–H groups in total. The molecule has 3 rings (SSSR count). The molecule has 0 bridgehead atoms. The largest absolute Gasteiger partial charge is 0.497 e. The quantitative estimate of drug-likeness (QED) is 0.541. The van der Waals surface area contributed by atoms with E-state index in [1.165, 1.54) is 0 Å². The Hall–Kier alpha value is -2.55. The van der Waals surface area contributed by atoms with Gasteiger partial charge >= 0.3 is 0 Å². The van der Waals surface area contributed by atoms with Crippen molar-refractivity contribution in [3.8, 4) is 17.2 Å². The molecule has 2 aromatic carbocycles. The molecule has 0 atom stereocenters. The van der Waals surface area contributed by atoms with Crippen LogP contribution in [0.2, 0.25) is 0 Å². The van der Waals surface area contributed by atoms with Crippen molar-refractivity contribution in [1.82, 2.24) is 9.80 Å². The molecule has 174 valence electrons. The molecule has 8 heteroatoms. The van der Waals surface area contributed by atoms with Crippen molar-refractivity contribution >= 4 is 23.0 Å². The third-order valence-electron chi connectivity index (χ3n) is 5.45. The van der Waals surface area contributed by atoms with Crippen molar-refractivity contribution in [2.45, 2.75) is 13.0 Å². The van der Waals surface area contributed by atoms with Gasteiger partial charge in [0.15, 0.2) is 5.11 Å². The summed E-state index contributed by atoms with van der Waals surface area (Å²) in [7, 11) is 4.96. The van der Waals surface area contributed by atoms with Crippen LogP contribution in [0.5, 0.6) is 17.2 Å². The topological polar surface area (TPSA) is 55.4 Å². The van der Waals surface area contributed by atoms with E-state index in [9.17, 15) is 0 Å². The second kappa shape index (κ2) is 12.5. The summed E-state index contributed by atoms with van der Waals surface area (Å²) in [6, 6.07) is 13.7. The molecule has 1 saturated heterocycles. The molecule has 0 unspecified atom stereocenters. The van der Waals surface area contributed by atoms with Gasteiger partial charge in [0.1, 0.15) is 17.2 Å². The highest BCUT2D eigenvalue weighted by Crippen LogP contribution is 2.29. The van der Waals surface area contributed by atoms with Crippen molar-refractivity contribution in [3.05, 3.63) is 48.0 Å². The Bertz CT molecular complexity index is 874. The molecule has 0 aromatic heterocycles. The van der Waals surface area contributed by atoms with Crippen LogP contribution >= 0.6 is 12.2 Å². The third kappa shape index (κ3) is 6.98. The van der Waals surface area contributed by atoms with Gasteiger partial charge in [-0.2, -0.15) is 0 Å². The van der Waals surface area contributed by atoms with E-state index in [0.29, 0.717) is 17.4 Å². The maximum Gasteiger partial charge on any atom is 0.173 e. The third-order valence-corrected chi connectivity index (χ3v) is 5.81. The smallest absolute Gasteiger partial charge is 0.173 e. The zero-order chi connectivity index (χ0) is 22.8. The number of anilines is 1. The average Bonchev–Trinajstić information content (AvgIpc) is 2.84. The number of morpholine rings is 1. The Morgan fingerprint density at radius 3 is 2.50 bits per heavy atom. The van der Waals surface area contributed by atoms with E-state index in [0.717, 1.165) is 68.6 Å². The zero-order valence-electron chi connectivity index (χ0n) is 19.1. The van der Waals surface area contributed by atoms with Crippen LogP contribution in [0.25, 0.3) is 0 Å². The fraction of sp³-hybridized carbons (Fsp3) is 0.458. The fourth-order valence-electron chi connectivity index (χ4n) is 3.65. The molecule has 0 amide bonds. The van der Waals surface area contributed by atoms with E-state index in [-0.39, 0.29) is 0 Å². The summed E-state index contributed by atoms with van der Waals surface area (Å²) in [5, 5.41) is 4.01. The Labute approximate surface area is 196 Å². The van der Waals surface area contributed by atoms with Gasteiger partial charge in [0.2, 0.25) is 0 Å². The van der Waals surface area contributed by atoms with Crippen LogP contribution in [0.1, 0.15) is 12.0 Å². The molecule has 0 aliphatic carbocycles. The van der Waals surface area contributed by atoms with Gasteiger partial charge in [-0.25, -0.2) is 0 Å². The van der Waals surface area contributed by atoms with E-state index in [2.05, 4.69) is 21.2 Å². The Kier molecular flexibility index (Phi) is 9.40. The van der Waals surface area contributed by atoms with Crippen LogP contribution in [0, 0.1) is 0 Å². The molecule has 0 radical (unpaired) electrons. The molecule has 0 spiro atoms. The first-order valence-corrected chi connectivity index (χ1v) is 11.2. The summed E-state index contributed by atoms with van der Waals surface area (Å²) >= 11 is 5.82. The minimum Gasteiger partial charge on any atom is -0.497 e. The lowest BCUT2D eigenvalue weighted by Gasteiger charge is -2.30. The fourth-order valence-corrected chi connectivity index (χ4v) is 3.92. The summed E-state index contributed by atoms with van der Waals surface area (Å²) in [4.78, 5) is 4.63. The number of nitrogens with zero attached hydrogens (tertiary/aromatic N) is 2. The summed E-state index contributed by atoms with van der Waals surface area (Å²) in [5.41, 5.74) is 1.95. The first kappa shape index (κ1) is 24.1. The average molecular weight is 460 g/mol. The molecular formula is C24H33N3O4S. The van der Waals surface area contributed by atoms with E-state index in [1.807, 2.05) is 36.4 Å². The first-order chi connectivity index (χ1) is 15.6. The number of nitrogens with one attached hydrogen (secondary N) is 1. The summed E-state index contributed by atoms with van der Waals surface area (Å²) in [6.07, 6.45) is 1.01. The maximum atomic E-state index is 5.82. The van der Waals surface area contributed by atoms with Gasteiger partial charge in [-0.1, -0.05) is 12.1 Å². The molecule has 2 aromatic rings. The van der Waals surface area contributed by atoms with Gasteiger partial charge in [-0.15, -0.1) is 0 Å². The van der Waals surface area contributed by atoms with Crippen LogP contribution < -0.4 is 19.5 Å². The lowest BCUT2D eigenvalue weighted by Crippen LogP contribution is -2.40. The lowest BCUT2D eigenvalue weighted by molar-refractivity contribution is 0.0368. The van der Waals surface area contributed by atoms with Crippen molar-refractivity contribution < 1.29 is 18.9 Å². The van der Waals surface area contributed by atoms with Gasteiger partial charge in [-0.05, 0) is 48.5 Å². The SMILES string of the molecule is COc1cccc(CN(CCCN2CCOCC2)C(=S)Nc2ccc(OC)cc2OC)c1. The molecule has 0 saturated carbocycles. The van der Waals surface area contributed by atoms with Crippen LogP contribution in [-0.4, -0.2) is 75.6 Å². The van der Waals surface area contributed by atoms with Crippen LogP contribution in [0.15, 0.2) is 42.5 Å². The van der Waals surface area contributed by atoms with E-state index in [1.54, 1.807) is 21.3 Å². The highest BCUT2D eigenvalue weighted by molar-refractivity contribution is 7.80. The second-order valence-electron chi connectivity index (χ2n) is 7.58. The highest BCUT2D eigenvalue weighted by Gasteiger charge is 2.16. The molecule has 1 aliphatic heterocycles. The minimum atomic E-state index is 0.651. The number of ether oxygens (including phenoxy) is 4. The number of hydrogen-bond donors (Lipinski definition) is 1. The van der Waals surface area contributed by atoms with Gasteiger partial charge in [-0.3, -0.25) is 4.90 Å². The second-order valence-corrected chi connectivity index (χ2v) is 7.96. The number of rotatable bonds is 10. The first-order valence-electron chi connectivity index (χ1n) is 10.8. The van der Waals surface area contributed by atoms with Crippen LogP contribution in [-0.2, 0) is 11.3 Å². The molecule has 7 nitrogen and oxygen atoms in total. The predicted octanol–water partition coefficient (Wildman–Crippen LogP) is 3.63. The number of hydrogen-bond acceptors (Lipinski definition) is 6. The number of benzene rings is 2. The van der Waals surface area contributed by atoms with E-state index >= 15 is 0 Å². The van der Waals surface area contributed by atoms with Gasteiger partial charge in [0, 0.05) is 38.8 Å². The normalized spacial score (nSPS) is 14.0. The molecule has 1 aliphatic rings. The van der Waals surface area contributed by atoms with Crippen LogP contribution in [0.3, 0.4) is 0 Å². The number of methoxy groups -OCH3 is 3. The monoisotopic (exact) mass is 459 g/mol. The Morgan fingerprint density at radius 2 is 1.78 bits per heavy atom. The molecule has 32 heavy (non-hydrogen) atoms. The lowest BCUT2D eigenvalue weighted by atomic mass is 10.2. The van der Waals surface area contributed by atoms with Crippen molar-refractivity contribution in [1.29, 1.82) is 0 Å². The summed E-state index contributed by atoms with van der Waals surface area (Å²) in [6.45, 7) is 6.13. The summed E-state index contributed by atoms with van der Waals surface area (Å²) < 4.78 is 21.7. The Morgan fingerprint density at radius 1 is 1.03 bits per heavy atom. The van der Waals surface area contributed by atoms with Gasteiger partial charge < -0.3 is 29.2 Å². The van der Waals surface area contributed by atoms with Gasteiger partial charge in [0.05, 0.1) is 40.2 Å². The standard InChI is InChI=1S/C24H33N3O4S/c1-28-20-7-4-6-19(16-20)18-27(11-5-10-26-12-14-31-15-13-26)24(32)25-22-9-8-21(29-2)17-23(22)30-3/h4,6-9,16-17H,5,10-15,18H2,1-3H3,(H,25,32). The van der Waals surface area contributed by atoms with Crippen LogP contribution in [0.4, 0.5) is 5.69 Å². The van der Waals surface area contributed by atoms with E-state index in [4.69, 9.17) is 31.2 Å². The zero-order valence-corrected chi connectivity index (χ0v) is 20.0. The molecule has 1 fully saturated rings. The molecule has 1 heterocycles. The van der Waals surface area contributed by atoms with Crippen molar-refractivity contribution in [2.75, 3.05) is 66.0 Å². The minimum absolute atomic E-state index is 0.651. The predicted molar refractivity (Wildman–Crippen MR) is 131 cm³/mol. The van der Waals surface area contributed by atoms with Gasteiger partial charge in [0.25, 0.3) is 0 Å². The highest BCUT2D eigenvalue weighted by atomic mass is 32.1. The number of thiocarbonyl (C=S) groups is 1. The molecular weight excluding hydrogens is 426 g/mol. The maximum absolute atomic E-state index is 5.82. The summed E-state index contributed by atoms with van der Waals surface area (Å²) in [5.74, 6) is 2.25. The van der Waals surface area contributed by atoms with E-state index < -0.39 is 0 Å².